The lowest BCUT2D eigenvalue weighted by molar-refractivity contribution is -0.161. The Kier molecular flexibility index (Phi) is 44.0. The van der Waals surface area contributed by atoms with Crippen LogP contribution in [0.4, 0.5) is 0 Å². The maximum atomic E-state index is 12.6. The summed E-state index contributed by atoms with van der Waals surface area (Å²) in [5.41, 5.74) is 5.35. The molecule has 2 atom stereocenters. The molecule has 2 unspecified atom stereocenters. The van der Waals surface area contributed by atoms with Crippen LogP contribution in [-0.2, 0) is 32.7 Å². The molecule has 0 aliphatic rings. The molecule has 346 valence electrons. The Morgan fingerprint density at radius 1 is 0.517 bits per heavy atom. The number of carbonyl (C=O) groups is 2. The van der Waals surface area contributed by atoms with Gasteiger partial charge < -0.3 is 20.1 Å². The number of phosphoric acid groups is 1. The van der Waals surface area contributed by atoms with Gasteiger partial charge in [-0.2, -0.15) is 0 Å². The van der Waals surface area contributed by atoms with Gasteiger partial charge >= 0.3 is 19.8 Å². The minimum Gasteiger partial charge on any atom is -0.462 e. The standard InChI is InChI=1S/C50H88NO8P/c1-3-5-7-9-11-13-15-17-19-21-23-25-26-28-30-32-34-36-38-40-42-49(52)56-46-48(47-58-60(54,55)57-45-44-51)59-50(53)43-41-39-37-35-33-31-29-27-24-22-20-18-16-14-12-10-8-6-4-2/h6,8,12,14,18,20,24,27,31,33,37,39,48H,3-5,7,9-11,13,15-17,19,21-23,25-26,28-30,32,34-36,38,40-47,51H2,1-2H3,(H,54,55)/b8-6-,14-12-,20-18-,27-24-,33-31-,39-37-. The Morgan fingerprint density at radius 3 is 1.33 bits per heavy atom. The third-order valence-electron chi connectivity index (χ3n) is 9.87. The van der Waals surface area contributed by atoms with Crippen LogP contribution in [0.5, 0.6) is 0 Å². The van der Waals surface area contributed by atoms with E-state index >= 15 is 0 Å². The molecule has 0 aromatic rings. The smallest absolute Gasteiger partial charge is 0.462 e. The fraction of sp³-hybridized carbons (Fsp3) is 0.720. The number of rotatable bonds is 44. The Bertz CT molecular complexity index is 1210. The number of hydrogen-bond acceptors (Lipinski definition) is 8. The molecule has 10 heteroatoms. The van der Waals surface area contributed by atoms with E-state index in [2.05, 4.69) is 74.6 Å². The van der Waals surface area contributed by atoms with Crippen molar-refractivity contribution >= 4 is 19.8 Å². The third kappa shape index (κ3) is 45.0. The molecule has 3 N–H and O–H groups in total. The van der Waals surface area contributed by atoms with Gasteiger partial charge in [-0.05, 0) is 51.4 Å². The molecule has 0 amide bonds. The van der Waals surface area contributed by atoms with Crippen molar-refractivity contribution in [2.24, 2.45) is 5.73 Å². The summed E-state index contributed by atoms with van der Waals surface area (Å²) in [6, 6.07) is 0. The second-order valence-electron chi connectivity index (χ2n) is 15.6. The first-order valence-corrected chi connectivity index (χ1v) is 25.4. The predicted molar refractivity (Wildman–Crippen MR) is 252 cm³/mol. The molecule has 0 spiro atoms. The number of carbonyl (C=O) groups excluding carboxylic acids is 2. The van der Waals surface area contributed by atoms with Gasteiger partial charge in [0.05, 0.1) is 13.2 Å². The normalized spacial score (nSPS) is 13.9. The SMILES string of the molecule is CC/C=C\C/C=C\C/C=C\C/C=C\C/C=C\C/C=C\CCC(=O)OC(COC(=O)CCCCCCCCCCCCCCCCCCCCCC)COP(=O)(O)OCCN. The Morgan fingerprint density at radius 2 is 0.917 bits per heavy atom. The van der Waals surface area contributed by atoms with Crippen LogP contribution in [0.1, 0.15) is 200 Å². The largest absolute Gasteiger partial charge is 0.472 e. The monoisotopic (exact) mass is 862 g/mol. The molecule has 0 saturated carbocycles. The Balaban J connectivity index is 4.19. The van der Waals surface area contributed by atoms with E-state index < -0.39 is 32.5 Å². The fourth-order valence-electron chi connectivity index (χ4n) is 6.37. The van der Waals surface area contributed by atoms with Gasteiger partial charge in [0.2, 0.25) is 0 Å². The predicted octanol–water partition coefficient (Wildman–Crippen LogP) is 14.2. The molecule has 0 heterocycles. The first-order valence-electron chi connectivity index (χ1n) is 23.9. The van der Waals surface area contributed by atoms with Crippen molar-refractivity contribution in [1.29, 1.82) is 0 Å². The number of hydrogen-bond donors (Lipinski definition) is 2. The number of phosphoric ester groups is 1. The van der Waals surface area contributed by atoms with E-state index in [-0.39, 0.29) is 32.6 Å². The number of ether oxygens (including phenoxy) is 2. The molecule has 60 heavy (non-hydrogen) atoms. The molecule has 0 aromatic heterocycles. The fourth-order valence-corrected chi connectivity index (χ4v) is 7.13. The van der Waals surface area contributed by atoms with Crippen LogP contribution in [0.25, 0.3) is 0 Å². The van der Waals surface area contributed by atoms with Crippen LogP contribution in [0.15, 0.2) is 72.9 Å². The van der Waals surface area contributed by atoms with Gasteiger partial charge in [-0.3, -0.25) is 18.6 Å². The summed E-state index contributed by atoms with van der Waals surface area (Å²) >= 11 is 0. The average molecular weight is 862 g/mol. The molecule has 0 aliphatic carbocycles. The maximum Gasteiger partial charge on any atom is 0.472 e. The zero-order valence-corrected chi connectivity index (χ0v) is 39.1. The zero-order chi connectivity index (χ0) is 43.9. The number of unbranched alkanes of at least 4 members (excludes halogenated alkanes) is 19. The molecule has 0 aliphatic heterocycles. The lowest BCUT2D eigenvalue weighted by Gasteiger charge is -2.19. The number of nitrogens with two attached hydrogens (primary N) is 1. The van der Waals surface area contributed by atoms with Gasteiger partial charge in [0.15, 0.2) is 6.10 Å². The summed E-state index contributed by atoms with van der Waals surface area (Å²) in [6.45, 7) is 3.55. The zero-order valence-electron chi connectivity index (χ0n) is 38.2. The van der Waals surface area contributed by atoms with E-state index in [9.17, 15) is 19.0 Å². The van der Waals surface area contributed by atoms with Crippen LogP contribution in [0.3, 0.4) is 0 Å². The quantitative estimate of drug-likeness (QED) is 0.0266. The highest BCUT2D eigenvalue weighted by Crippen LogP contribution is 2.43. The van der Waals surface area contributed by atoms with Crippen LogP contribution in [0, 0.1) is 0 Å². The average Bonchev–Trinajstić information content (AvgIpc) is 3.24. The van der Waals surface area contributed by atoms with Gasteiger partial charge in [-0.1, -0.05) is 209 Å². The van der Waals surface area contributed by atoms with Crippen molar-refractivity contribution < 1.29 is 37.6 Å². The van der Waals surface area contributed by atoms with E-state index in [1.54, 1.807) is 0 Å². The topological polar surface area (TPSA) is 134 Å². The van der Waals surface area contributed by atoms with Crippen molar-refractivity contribution in [3.63, 3.8) is 0 Å². The van der Waals surface area contributed by atoms with Crippen molar-refractivity contribution in [2.45, 2.75) is 206 Å². The van der Waals surface area contributed by atoms with E-state index in [1.807, 2.05) is 12.2 Å². The van der Waals surface area contributed by atoms with Gasteiger partial charge in [-0.15, -0.1) is 0 Å². The molecule has 0 bridgehead atoms. The first kappa shape index (κ1) is 57.4. The van der Waals surface area contributed by atoms with Crippen molar-refractivity contribution in [1.82, 2.24) is 0 Å². The highest BCUT2D eigenvalue weighted by molar-refractivity contribution is 7.47. The molecular formula is C50H88NO8P. The van der Waals surface area contributed by atoms with E-state index in [1.165, 1.54) is 109 Å². The van der Waals surface area contributed by atoms with E-state index in [0.717, 1.165) is 57.8 Å². The molecule has 0 rings (SSSR count). The maximum absolute atomic E-state index is 12.6. The summed E-state index contributed by atoms with van der Waals surface area (Å²) < 4.78 is 32.8. The molecular weight excluding hydrogens is 774 g/mol. The van der Waals surface area contributed by atoms with Crippen LogP contribution in [-0.4, -0.2) is 49.3 Å². The summed E-state index contributed by atoms with van der Waals surface area (Å²) in [5, 5.41) is 0. The van der Waals surface area contributed by atoms with Crippen molar-refractivity contribution in [3.8, 4) is 0 Å². The third-order valence-corrected chi connectivity index (χ3v) is 10.9. The molecule has 0 saturated heterocycles. The van der Waals surface area contributed by atoms with Gasteiger partial charge in [0.1, 0.15) is 6.61 Å². The first-order chi connectivity index (χ1) is 29.3. The highest BCUT2D eigenvalue weighted by atomic mass is 31.2. The van der Waals surface area contributed by atoms with E-state index in [0.29, 0.717) is 6.42 Å². The Labute approximate surface area is 367 Å². The van der Waals surface area contributed by atoms with E-state index in [4.69, 9.17) is 24.3 Å². The van der Waals surface area contributed by atoms with Crippen molar-refractivity contribution in [2.75, 3.05) is 26.4 Å². The minimum absolute atomic E-state index is 0.0397. The van der Waals surface area contributed by atoms with Gasteiger partial charge in [0, 0.05) is 19.4 Å². The molecule has 0 radical (unpaired) electrons. The highest BCUT2D eigenvalue weighted by Gasteiger charge is 2.25. The Hall–Kier alpha value is -2.55. The van der Waals surface area contributed by atoms with Gasteiger partial charge in [-0.25, -0.2) is 4.57 Å². The summed E-state index contributed by atoms with van der Waals surface area (Å²) in [7, 11) is -4.40. The van der Waals surface area contributed by atoms with Gasteiger partial charge in [0.25, 0.3) is 0 Å². The molecule has 9 nitrogen and oxygen atoms in total. The molecule has 0 fully saturated rings. The van der Waals surface area contributed by atoms with Crippen LogP contribution in [0.2, 0.25) is 0 Å². The van der Waals surface area contributed by atoms with Crippen LogP contribution >= 0.6 is 7.82 Å². The van der Waals surface area contributed by atoms with Crippen molar-refractivity contribution in [3.05, 3.63) is 72.9 Å². The van der Waals surface area contributed by atoms with Crippen LogP contribution < -0.4 is 5.73 Å². The second kappa shape index (κ2) is 46.0. The molecule has 0 aromatic carbocycles. The lowest BCUT2D eigenvalue weighted by atomic mass is 10.0. The summed E-state index contributed by atoms with van der Waals surface area (Å²) in [4.78, 5) is 34.9. The summed E-state index contributed by atoms with van der Waals surface area (Å²) in [5.74, 6) is -0.924. The summed E-state index contributed by atoms with van der Waals surface area (Å²) in [6.07, 6.45) is 56.7. The lowest BCUT2D eigenvalue weighted by Crippen LogP contribution is -2.29. The second-order valence-corrected chi connectivity index (χ2v) is 17.1. The number of esters is 2. The number of allylic oxidation sites excluding steroid dienone is 12. The minimum atomic E-state index is -4.40.